The van der Waals surface area contributed by atoms with Crippen LogP contribution < -0.4 is 10.0 Å². The van der Waals surface area contributed by atoms with Crippen LogP contribution in [0.3, 0.4) is 0 Å². The average molecular weight is 303 g/mol. The molecule has 0 amide bonds. The van der Waals surface area contributed by atoms with E-state index in [2.05, 4.69) is 15.0 Å². The largest absolute Gasteiger partial charge is 0.377 e. The molecule has 0 aliphatic carbocycles. The molecule has 0 unspecified atom stereocenters. The number of hydrogen-bond donors (Lipinski definition) is 2. The van der Waals surface area contributed by atoms with Crippen molar-refractivity contribution < 1.29 is 17.5 Å². The Kier molecular flexibility index (Phi) is 5.41. The van der Waals surface area contributed by atoms with Gasteiger partial charge in [0.15, 0.2) is 5.82 Å². The highest BCUT2D eigenvalue weighted by Gasteiger charge is 2.20. The standard InChI is InChI=1S/C12H18FN3O3S/c13-11-2-1-5-15-12(11)20(17,18)16-8-9-19-10-3-6-14-7-4-10/h1-2,5,10,14,16H,3-4,6-9H2. The molecule has 0 saturated carbocycles. The zero-order valence-corrected chi connectivity index (χ0v) is 11.8. The molecule has 0 bridgehead atoms. The minimum atomic E-state index is -3.92. The summed E-state index contributed by atoms with van der Waals surface area (Å²) in [6.45, 7) is 2.19. The van der Waals surface area contributed by atoms with E-state index in [-0.39, 0.29) is 19.3 Å². The smallest absolute Gasteiger partial charge is 0.261 e. The van der Waals surface area contributed by atoms with E-state index in [1.165, 1.54) is 12.3 Å². The van der Waals surface area contributed by atoms with Crippen LogP contribution in [0.2, 0.25) is 0 Å². The molecule has 1 aromatic rings. The van der Waals surface area contributed by atoms with Gasteiger partial charge in [-0.2, -0.15) is 0 Å². The molecule has 1 fully saturated rings. The van der Waals surface area contributed by atoms with Gasteiger partial charge in [-0.1, -0.05) is 0 Å². The molecule has 2 N–H and O–H groups in total. The van der Waals surface area contributed by atoms with Crippen molar-refractivity contribution in [3.8, 4) is 0 Å². The van der Waals surface area contributed by atoms with Crippen LogP contribution in [0.15, 0.2) is 23.4 Å². The predicted octanol–water partition coefficient (Wildman–Crippen LogP) is 0.268. The maximum absolute atomic E-state index is 13.4. The van der Waals surface area contributed by atoms with Crippen molar-refractivity contribution in [2.75, 3.05) is 26.2 Å². The number of piperidine rings is 1. The molecular weight excluding hydrogens is 285 g/mol. The van der Waals surface area contributed by atoms with Gasteiger partial charge in [0.1, 0.15) is 0 Å². The van der Waals surface area contributed by atoms with Gasteiger partial charge in [-0.25, -0.2) is 22.5 Å². The Bertz CT molecular complexity index is 533. The fraction of sp³-hybridized carbons (Fsp3) is 0.583. The molecule has 6 nitrogen and oxygen atoms in total. The number of pyridine rings is 1. The average Bonchev–Trinajstić information content (AvgIpc) is 2.45. The number of hydrogen-bond acceptors (Lipinski definition) is 5. The van der Waals surface area contributed by atoms with Crippen LogP contribution in [0.1, 0.15) is 12.8 Å². The molecule has 0 spiro atoms. The lowest BCUT2D eigenvalue weighted by Gasteiger charge is -2.22. The summed E-state index contributed by atoms with van der Waals surface area (Å²) in [5.41, 5.74) is 0. The lowest BCUT2D eigenvalue weighted by Crippen LogP contribution is -2.35. The third-order valence-electron chi connectivity index (χ3n) is 3.01. The molecule has 112 valence electrons. The van der Waals surface area contributed by atoms with Crippen molar-refractivity contribution in [1.82, 2.24) is 15.0 Å². The van der Waals surface area contributed by atoms with Gasteiger partial charge in [0, 0.05) is 12.7 Å². The lowest BCUT2D eigenvalue weighted by molar-refractivity contribution is 0.0366. The number of sulfonamides is 1. The van der Waals surface area contributed by atoms with E-state index in [0.717, 1.165) is 32.0 Å². The third-order valence-corrected chi connectivity index (χ3v) is 4.41. The van der Waals surface area contributed by atoms with Gasteiger partial charge in [-0.15, -0.1) is 0 Å². The number of ether oxygens (including phenoxy) is 1. The molecule has 2 heterocycles. The number of halogens is 1. The molecule has 0 radical (unpaired) electrons. The summed E-state index contributed by atoms with van der Waals surface area (Å²) >= 11 is 0. The van der Waals surface area contributed by atoms with E-state index in [9.17, 15) is 12.8 Å². The van der Waals surface area contributed by atoms with Gasteiger partial charge in [0.25, 0.3) is 10.0 Å². The Morgan fingerprint density at radius 2 is 2.20 bits per heavy atom. The van der Waals surface area contributed by atoms with Gasteiger partial charge in [0.05, 0.1) is 12.7 Å². The molecule has 1 aliphatic rings. The van der Waals surface area contributed by atoms with Crippen LogP contribution in [-0.4, -0.2) is 45.7 Å². The van der Waals surface area contributed by atoms with Gasteiger partial charge in [-0.05, 0) is 38.1 Å². The molecule has 20 heavy (non-hydrogen) atoms. The van der Waals surface area contributed by atoms with E-state index in [1.807, 2.05) is 0 Å². The summed E-state index contributed by atoms with van der Waals surface area (Å²) in [6, 6.07) is 2.40. The normalized spacial score (nSPS) is 17.2. The fourth-order valence-electron chi connectivity index (χ4n) is 2.00. The first-order chi connectivity index (χ1) is 9.59. The summed E-state index contributed by atoms with van der Waals surface area (Å²) < 4.78 is 44.9. The van der Waals surface area contributed by atoms with Crippen molar-refractivity contribution in [3.05, 3.63) is 24.1 Å². The quantitative estimate of drug-likeness (QED) is 0.737. The number of nitrogens with one attached hydrogen (secondary N) is 2. The second-order valence-electron chi connectivity index (χ2n) is 4.51. The number of rotatable bonds is 6. The van der Waals surface area contributed by atoms with Crippen LogP contribution >= 0.6 is 0 Å². The molecule has 1 aromatic heterocycles. The first kappa shape index (κ1) is 15.3. The molecule has 0 aromatic carbocycles. The second-order valence-corrected chi connectivity index (χ2v) is 6.19. The highest BCUT2D eigenvalue weighted by atomic mass is 32.2. The van der Waals surface area contributed by atoms with Crippen molar-refractivity contribution in [3.63, 3.8) is 0 Å². The summed E-state index contributed by atoms with van der Waals surface area (Å²) in [6.07, 6.45) is 3.24. The predicted molar refractivity (Wildman–Crippen MR) is 71.2 cm³/mol. The van der Waals surface area contributed by atoms with Crippen LogP contribution in [0.25, 0.3) is 0 Å². The zero-order chi connectivity index (χ0) is 14.4. The fourth-order valence-corrected chi connectivity index (χ4v) is 3.01. The first-order valence-corrected chi connectivity index (χ1v) is 8.00. The molecule has 1 aliphatic heterocycles. The molecular formula is C12H18FN3O3S. The third kappa shape index (κ3) is 4.20. The maximum atomic E-state index is 13.4. The Morgan fingerprint density at radius 1 is 1.45 bits per heavy atom. The zero-order valence-electron chi connectivity index (χ0n) is 11.0. The molecule has 8 heteroatoms. The van der Waals surface area contributed by atoms with Crippen molar-refractivity contribution in [2.45, 2.75) is 24.0 Å². The Labute approximate surface area is 117 Å². The van der Waals surface area contributed by atoms with E-state index in [0.29, 0.717) is 0 Å². The Hall–Kier alpha value is -1.09. The van der Waals surface area contributed by atoms with Crippen LogP contribution in [0, 0.1) is 5.82 Å². The van der Waals surface area contributed by atoms with E-state index in [4.69, 9.17) is 4.74 Å². The highest BCUT2D eigenvalue weighted by Crippen LogP contribution is 2.10. The minimum Gasteiger partial charge on any atom is -0.377 e. The lowest BCUT2D eigenvalue weighted by atomic mass is 10.1. The van der Waals surface area contributed by atoms with Gasteiger partial charge >= 0.3 is 0 Å². The summed E-state index contributed by atoms with van der Waals surface area (Å²) in [5, 5.41) is 2.63. The summed E-state index contributed by atoms with van der Waals surface area (Å²) in [4.78, 5) is 3.54. The van der Waals surface area contributed by atoms with Gasteiger partial charge in [0.2, 0.25) is 5.03 Å². The SMILES string of the molecule is O=S(=O)(NCCOC1CCNCC1)c1ncccc1F. The summed E-state index contributed by atoms with van der Waals surface area (Å²) in [7, 11) is -3.92. The van der Waals surface area contributed by atoms with Crippen molar-refractivity contribution in [1.29, 1.82) is 0 Å². The topological polar surface area (TPSA) is 80.3 Å². The van der Waals surface area contributed by atoms with Crippen molar-refractivity contribution >= 4 is 10.0 Å². The highest BCUT2D eigenvalue weighted by molar-refractivity contribution is 7.89. The number of aromatic nitrogens is 1. The van der Waals surface area contributed by atoms with Crippen LogP contribution in [0.4, 0.5) is 4.39 Å². The molecule has 0 atom stereocenters. The van der Waals surface area contributed by atoms with Crippen LogP contribution in [0.5, 0.6) is 0 Å². The van der Waals surface area contributed by atoms with Gasteiger partial charge < -0.3 is 10.1 Å². The van der Waals surface area contributed by atoms with E-state index in [1.54, 1.807) is 0 Å². The molecule has 2 rings (SSSR count). The minimum absolute atomic E-state index is 0.0995. The Morgan fingerprint density at radius 3 is 2.90 bits per heavy atom. The second kappa shape index (κ2) is 7.07. The van der Waals surface area contributed by atoms with Gasteiger partial charge in [-0.3, -0.25) is 0 Å². The first-order valence-electron chi connectivity index (χ1n) is 6.52. The summed E-state index contributed by atoms with van der Waals surface area (Å²) in [5.74, 6) is -0.862. The maximum Gasteiger partial charge on any atom is 0.261 e. The van der Waals surface area contributed by atoms with E-state index < -0.39 is 20.9 Å². The Balaban J connectivity index is 1.79. The number of nitrogens with zero attached hydrogens (tertiary/aromatic N) is 1. The monoisotopic (exact) mass is 303 g/mol. The molecule has 1 saturated heterocycles. The van der Waals surface area contributed by atoms with E-state index >= 15 is 0 Å². The van der Waals surface area contributed by atoms with Crippen molar-refractivity contribution in [2.24, 2.45) is 0 Å². The van der Waals surface area contributed by atoms with Crippen LogP contribution in [-0.2, 0) is 14.8 Å².